The van der Waals surface area contributed by atoms with Gasteiger partial charge in [-0.15, -0.1) is 0 Å². The zero-order valence-electron chi connectivity index (χ0n) is 17.5. The van der Waals surface area contributed by atoms with E-state index < -0.39 is 5.82 Å². The van der Waals surface area contributed by atoms with Gasteiger partial charge >= 0.3 is 0 Å². The number of carbonyl (C=O) groups is 2. The van der Waals surface area contributed by atoms with Crippen molar-refractivity contribution in [1.29, 1.82) is 0 Å². The molecule has 2 aromatic carbocycles. The standard InChI is InChI=1S/C23H27FN4O3/c1-27-10-11-31-21-14-28(13-20(21)27)23(30)18-12-15(7-9-19(18)24)6-8-16-4-2-3-5-17(16)22(29)26-25/h2-5,7,9,12,20-21H,6,8,10-11,13-14,25H2,1H3,(H,26,29). The number of likely N-dealkylation sites (tertiary alicyclic amines) is 1. The van der Waals surface area contributed by atoms with Gasteiger partial charge in [0.05, 0.1) is 24.3 Å². The number of nitrogen functional groups attached to an aromatic ring is 1. The van der Waals surface area contributed by atoms with Gasteiger partial charge in [-0.25, -0.2) is 10.2 Å². The Morgan fingerprint density at radius 2 is 1.97 bits per heavy atom. The topological polar surface area (TPSA) is 87.9 Å². The van der Waals surface area contributed by atoms with Crippen LogP contribution in [0.25, 0.3) is 0 Å². The van der Waals surface area contributed by atoms with Crippen molar-refractivity contribution in [3.63, 3.8) is 0 Å². The van der Waals surface area contributed by atoms with Crippen molar-refractivity contribution in [3.05, 3.63) is 70.5 Å². The summed E-state index contributed by atoms with van der Waals surface area (Å²) in [6.07, 6.45) is 1.10. The number of morpholine rings is 1. The number of halogens is 1. The van der Waals surface area contributed by atoms with E-state index in [9.17, 15) is 14.0 Å². The zero-order valence-corrected chi connectivity index (χ0v) is 17.5. The van der Waals surface area contributed by atoms with Gasteiger partial charge in [0.2, 0.25) is 0 Å². The second kappa shape index (κ2) is 9.13. The molecule has 164 valence electrons. The summed E-state index contributed by atoms with van der Waals surface area (Å²) >= 11 is 0. The van der Waals surface area contributed by atoms with Gasteiger partial charge < -0.3 is 9.64 Å². The van der Waals surface area contributed by atoms with Crippen LogP contribution in [-0.4, -0.2) is 67.0 Å². The van der Waals surface area contributed by atoms with Crippen molar-refractivity contribution >= 4 is 11.8 Å². The van der Waals surface area contributed by atoms with Crippen molar-refractivity contribution in [2.75, 3.05) is 33.3 Å². The van der Waals surface area contributed by atoms with Crippen LogP contribution in [0.2, 0.25) is 0 Å². The fourth-order valence-corrected chi connectivity index (χ4v) is 4.40. The lowest BCUT2D eigenvalue weighted by atomic mass is 9.98. The first-order valence-corrected chi connectivity index (χ1v) is 10.5. The molecule has 2 aliphatic heterocycles. The largest absolute Gasteiger partial charge is 0.373 e. The summed E-state index contributed by atoms with van der Waals surface area (Å²) in [6, 6.07) is 12.0. The van der Waals surface area contributed by atoms with Crippen LogP contribution in [0.1, 0.15) is 31.8 Å². The number of nitrogens with two attached hydrogens (primary N) is 1. The average molecular weight is 426 g/mol. The second-order valence-electron chi connectivity index (χ2n) is 8.11. The normalized spacial score (nSPS) is 21.1. The fourth-order valence-electron chi connectivity index (χ4n) is 4.40. The number of likely N-dealkylation sites (N-methyl/N-ethyl adjacent to an activating group) is 1. The summed E-state index contributed by atoms with van der Waals surface area (Å²) in [4.78, 5) is 28.9. The van der Waals surface area contributed by atoms with E-state index in [2.05, 4.69) is 10.3 Å². The number of fused-ring (bicyclic) bond motifs is 1. The van der Waals surface area contributed by atoms with Gasteiger partial charge in [-0.2, -0.15) is 0 Å². The Hall–Kier alpha value is -2.81. The highest BCUT2D eigenvalue weighted by atomic mass is 19.1. The highest BCUT2D eigenvalue weighted by Gasteiger charge is 2.41. The molecule has 4 rings (SSSR count). The summed E-state index contributed by atoms with van der Waals surface area (Å²) in [5, 5.41) is 0. The van der Waals surface area contributed by atoms with Crippen LogP contribution in [0.15, 0.2) is 42.5 Å². The van der Waals surface area contributed by atoms with E-state index >= 15 is 0 Å². The maximum Gasteiger partial charge on any atom is 0.265 e. The lowest BCUT2D eigenvalue weighted by Crippen LogP contribution is -2.48. The van der Waals surface area contributed by atoms with Crippen LogP contribution in [0.4, 0.5) is 4.39 Å². The number of benzene rings is 2. The number of nitrogens with one attached hydrogen (secondary N) is 1. The molecule has 31 heavy (non-hydrogen) atoms. The van der Waals surface area contributed by atoms with Crippen LogP contribution in [-0.2, 0) is 17.6 Å². The smallest absolute Gasteiger partial charge is 0.265 e. The highest BCUT2D eigenvalue weighted by molar-refractivity contribution is 5.95. The van der Waals surface area contributed by atoms with E-state index in [1.165, 1.54) is 6.07 Å². The lowest BCUT2D eigenvalue weighted by molar-refractivity contribution is -0.0368. The Morgan fingerprint density at radius 3 is 2.74 bits per heavy atom. The zero-order chi connectivity index (χ0) is 22.0. The molecule has 3 N–H and O–H groups in total. The third-order valence-corrected chi connectivity index (χ3v) is 6.20. The number of hydrogen-bond acceptors (Lipinski definition) is 5. The van der Waals surface area contributed by atoms with Crippen molar-refractivity contribution in [2.24, 2.45) is 5.84 Å². The van der Waals surface area contributed by atoms with E-state index in [0.29, 0.717) is 38.1 Å². The van der Waals surface area contributed by atoms with Crippen LogP contribution in [0.3, 0.4) is 0 Å². The van der Waals surface area contributed by atoms with Crippen molar-refractivity contribution in [3.8, 4) is 0 Å². The monoisotopic (exact) mass is 426 g/mol. The van der Waals surface area contributed by atoms with Crippen LogP contribution < -0.4 is 11.3 Å². The van der Waals surface area contributed by atoms with Gasteiger partial charge in [0.1, 0.15) is 5.82 Å². The molecule has 2 aliphatic rings. The van der Waals surface area contributed by atoms with E-state index in [-0.39, 0.29) is 29.5 Å². The summed E-state index contributed by atoms with van der Waals surface area (Å²) in [6.45, 7) is 2.48. The number of aryl methyl sites for hydroxylation is 2. The average Bonchev–Trinajstić information content (AvgIpc) is 3.23. The number of rotatable bonds is 5. The fraction of sp³-hybridized carbons (Fsp3) is 0.391. The molecule has 2 fully saturated rings. The van der Waals surface area contributed by atoms with E-state index in [0.717, 1.165) is 17.7 Å². The number of carbonyl (C=O) groups excluding carboxylic acids is 2. The number of nitrogens with zero attached hydrogens (tertiary/aromatic N) is 2. The molecule has 7 nitrogen and oxygen atoms in total. The number of hydrazine groups is 1. The Balaban J connectivity index is 1.48. The third-order valence-electron chi connectivity index (χ3n) is 6.20. The number of amides is 2. The van der Waals surface area contributed by atoms with E-state index in [1.54, 1.807) is 29.2 Å². The first-order chi connectivity index (χ1) is 15.0. The lowest BCUT2D eigenvalue weighted by Gasteiger charge is -2.33. The van der Waals surface area contributed by atoms with Crippen molar-refractivity contribution < 1.29 is 18.7 Å². The Kier molecular flexibility index (Phi) is 6.31. The minimum absolute atomic E-state index is 0.0286. The molecule has 0 spiro atoms. The third kappa shape index (κ3) is 4.46. The summed E-state index contributed by atoms with van der Waals surface area (Å²) in [5.74, 6) is 4.07. The Morgan fingerprint density at radius 1 is 1.16 bits per heavy atom. The quantitative estimate of drug-likeness (QED) is 0.428. The Bertz CT molecular complexity index is 983. The molecule has 0 radical (unpaired) electrons. The highest BCUT2D eigenvalue weighted by Crippen LogP contribution is 2.24. The van der Waals surface area contributed by atoms with Gasteiger partial charge in [-0.05, 0) is 49.2 Å². The first kappa shape index (κ1) is 21.4. The van der Waals surface area contributed by atoms with Crippen molar-refractivity contribution in [1.82, 2.24) is 15.2 Å². The maximum atomic E-state index is 14.5. The summed E-state index contributed by atoms with van der Waals surface area (Å²) < 4.78 is 20.3. The van der Waals surface area contributed by atoms with Crippen molar-refractivity contribution in [2.45, 2.75) is 25.0 Å². The first-order valence-electron chi connectivity index (χ1n) is 10.5. The minimum Gasteiger partial charge on any atom is -0.373 e. The molecule has 0 saturated carbocycles. The Labute approximate surface area is 180 Å². The minimum atomic E-state index is -0.527. The van der Waals surface area contributed by atoms with Gasteiger partial charge in [0, 0.05) is 25.2 Å². The molecule has 2 atom stereocenters. The molecule has 2 heterocycles. The van der Waals surface area contributed by atoms with Gasteiger partial charge in [0.15, 0.2) is 0 Å². The molecule has 2 unspecified atom stereocenters. The predicted molar refractivity (Wildman–Crippen MR) is 114 cm³/mol. The molecular formula is C23H27FN4O3. The predicted octanol–water partition coefficient (Wildman–Crippen LogP) is 1.37. The number of ether oxygens (including phenoxy) is 1. The summed E-state index contributed by atoms with van der Waals surface area (Å²) in [5.41, 5.74) is 4.41. The van der Waals surface area contributed by atoms with Gasteiger partial charge in [-0.1, -0.05) is 24.3 Å². The molecular weight excluding hydrogens is 399 g/mol. The maximum absolute atomic E-state index is 14.5. The van der Waals surface area contributed by atoms with Gasteiger partial charge in [-0.3, -0.25) is 19.9 Å². The molecule has 0 aromatic heterocycles. The van der Waals surface area contributed by atoms with Crippen LogP contribution >= 0.6 is 0 Å². The van der Waals surface area contributed by atoms with Crippen LogP contribution in [0, 0.1) is 5.82 Å². The van der Waals surface area contributed by atoms with E-state index in [4.69, 9.17) is 10.6 Å². The molecule has 0 aliphatic carbocycles. The molecule has 0 bridgehead atoms. The van der Waals surface area contributed by atoms with Crippen LogP contribution in [0.5, 0.6) is 0 Å². The summed E-state index contributed by atoms with van der Waals surface area (Å²) in [7, 11) is 2.03. The van der Waals surface area contributed by atoms with Gasteiger partial charge in [0.25, 0.3) is 11.8 Å². The SMILES string of the molecule is CN1CCOC2CN(C(=O)c3cc(CCc4ccccc4C(=O)NN)ccc3F)CC21. The molecule has 2 aromatic rings. The second-order valence-corrected chi connectivity index (χ2v) is 8.11. The molecule has 2 saturated heterocycles. The van der Waals surface area contributed by atoms with E-state index in [1.807, 2.05) is 19.2 Å². The molecule has 8 heteroatoms. The molecule has 2 amide bonds. The number of hydrogen-bond donors (Lipinski definition) is 2.